The Hall–Kier alpha value is -3.35. The number of carbonyl (C=O) groups excluding carboxylic acids is 2. The summed E-state index contributed by atoms with van der Waals surface area (Å²) < 4.78 is 5.60. The van der Waals surface area contributed by atoms with Gasteiger partial charge in [0.25, 0.3) is 0 Å². The summed E-state index contributed by atoms with van der Waals surface area (Å²) in [6, 6.07) is 15.3. The molecular weight excluding hydrogens is 420 g/mol. The molecule has 0 bridgehead atoms. The molecule has 1 aliphatic carbocycles. The molecule has 0 radical (unpaired) electrons. The second-order valence-electron chi connectivity index (χ2n) is 9.36. The van der Waals surface area contributed by atoms with Crippen molar-refractivity contribution in [2.45, 2.75) is 51.1 Å². The number of hydrogen-bond donors (Lipinski definition) is 2. The van der Waals surface area contributed by atoms with E-state index in [0.717, 1.165) is 22.3 Å². The molecule has 2 atom stereocenters. The van der Waals surface area contributed by atoms with Crippen LogP contribution in [0.1, 0.15) is 50.7 Å². The predicted octanol–water partition coefficient (Wildman–Crippen LogP) is 4.02. The van der Waals surface area contributed by atoms with Gasteiger partial charge < -0.3 is 20.1 Å². The number of hydrogen-bond acceptors (Lipinski definition) is 4. The van der Waals surface area contributed by atoms with Crippen LogP contribution in [0.15, 0.2) is 48.5 Å². The van der Waals surface area contributed by atoms with Gasteiger partial charge in [-0.25, -0.2) is 9.59 Å². The third-order valence-corrected chi connectivity index (χ3v) is 6.92. The van der Waals surface area contributed by atoms with Crippen LogP contribution >= 0.6 is 0 Å². The lowest BCUT2D eigenvalue weighted by molar-refractivity contribution is -0.156. The summed E-state index contributed by atoms with van der Waals surface area (Å²) in [5, 5.41) is 12.4. The fourth-order valence-corrected chi connectivity index (χ4v) is 4.99. The van der Waals surface area contributed by atoms with Crippen LogP contribution in [-0.2, 0) is 14.3 Å². The summed E-state index contributed by atoms with van der Waals surface area (Å²) in [4.78, 5) is 39.1. The van der Waals surface area contributed by atoms with E-state index in [9.17, 15) is 19.5 Å². The zero-order chi connectivity index (χ0) is 23.8. The van der Waals surface area contributed by atoms with Gasteiger partial charge in [-0.05, 0) is 47.9 Å². The first-order valence-electron chi connectivity index (χ1n) is 11.4. The Morgan fingerprint density at radius 1 is 1.09 bits per heavy atom. The van der Waals surface area contributed by atoms with Gasteiger partial charge in [0, 0.05) is 12.5 Å². The average Bonchev–Trinajstić information content (AvgIpc) is 3.34. The topological polar surface area (TPSA) is 95.9 Å². The SMILES string of the molecule is CC(C)C(NC(=O)OCC1c2ccccc2-c2ccccc21)C(=O)N1CCC[C@@]1(C)C(=O)O. The maximum atomic E-state index is 13.2. The highest BCUT2D eigenvalue weighted by atomic mass is 16.5. The number of carboxylic acid groups (broad SMARTS) is 1. The number of fused-ring (bicyclic) bond motifs is 3. The number of nitrogens with one attached hydrogen (secondary N) is 1. The molecule has 2 aromatic carbocycles. The number of amides is 2. The molecule has 1 saturated heterocycles. The van der Waals surface area contributed by atoms with Crippen molar-refractivity contribution in [3.8, 4) is 11.1 Å². The van der Waals surface area contributed by atoms with E-state index in [0.29, 0.717) is 19.4 Å². The molecule has 1 fully saturated rings. The molecule has 4 rings (SSSR count). The number of rotatable bonds is 6. The Morgan fingerprint density at radius 2 is 1.67 bits per heavy atom. The summed E-state index contributed by atoms with van der Waals surface area (Å²) in [5.41, 5.74) is 3.24. The summed E-state index contributed by atoms with van der Waals surface area (Å²) in [7, 11) is 0. The van der Waals surface area contributed by atoms with Crippen molar-refractivity contribution in [3.63, 3.8) is 0 Å². The molecule has 1 heterocycles. The van der Waals surface area contributed by atoms with E-state index in [1.807, 2.05) is 50.2 Å². The minimum absolute atomic E-state index is 0.0785. The minimum atomic E-state index is -1.26. The van der Waals surface area contributed by atoms with Gasteiger partial charge in [0.1, 0.15) is 18.2 Å². The van der Waals surface area contributed by atoms with Gasteiger partial charge in [-0.2, -0.15) is 0 Å². The van der Waals surface area contributed by atoms with Crippen molar-refractivity contribution in [3.05, 3.63) is 59.7 Å². The van der Waals surface area contributed by atoms with E-state index in [-0.39, 0.29) is 24.3 Å². The zero-order valence-corrected chi connectivity index (χ0v) is 19.2. The summed E-state index contributed by atoms with van der Waals surface area (Å²) in [5.74, 6) is -1.72. The predicted molar refractivity (Wildman–Crippen MR) is 124 cm³/mol. The van der Waals surface area contributed by atoms with Crippen molar-refractivity contribution in [1.82, 2.24) is 10.2 Å². The molecule has 7 heteroatoms. The number of benzene rings is 2. The Balaban J connectivity index is 1.46. The molecule has 0 aromatic heterocycles. The van der Waals surface area contributed by atoms with Gasteiger partial charge in [-0.1, -0.05) is 62.4 Å². The standard InChI is InChI=1S/C26H30N2O5/c1-16(2)22(23(29)28-14-8-13-26(28,3)24(30)31)27-25(32)33-15-21-19-11-6-4-9-17(19)18-10-5-7-12-20(18)21/h4-7,9-12,16,21-22H,8,13-15H2,1-3H3,(H,27,32)(H,30,31)/t22?,26-/m0/s1. The van der Waals surface area contributed by atoms with Gasteiger partial charge in [0.15, 0.2) is 0 Å². The summed E-state index contributed by atoms with van der Waals surface area (Å²) >= 11 is 0. The van der Waals surface area contributed by atoms with Crippen LogP contribution in [0.4, 0.5) is 4.79 Å². The first-order chi connectivity index (χ1) is 15.7. The average molecular weight is 451 g/mol. The van der Waals surface area contributed by atoms with Gasteiger partial charge in [0.05, 0.1) is 0 Å². The molecule has 2 aliphatic rings. The smallest absolute Gasteiger partial charge is 0.407 e. The fourth-order valence-electron chi connectivity index (χ4n) is 4.99. The molecule has 7 nitrogen and oxygen atoms in total. The number of aliphatic carboxylic acids is 1. The van der Waals surface area contributed by atoms with Crippen LogP contribution in [0.25, 0.3) is 11.1 Å². The normalized spacial score (nSPS) is 20.3. The second kappa shape index (κ2) is 8.89. The number of carboxylic acids is 1. The molecular formula is C26H30N2O5. The Bertz CT molecular complexity index is 1040. The van der Waals surface area contributed by atoms with Crippen LogP contribution < -0.4 is 5.32 Å². The Labute approximate surface area is 193 Å². The van der Waals surface area contributed by atoms with Gasteiger partial charge in [-0.15, -0.1) is 0 Å². The lowest BCUT2D eigenvalue weighted by Crippen LogP contribution is -2.58. The Kier molecular flexibility index (Phi) is 6.15. The number of nitrogens with zero attached hydrogens (tertiary/aromatic N) is 1. The highest BCUT2D eigenvalue weighted by molar-refractivity contribution is 5.92. The highest BCUT2D eigenvalue weighted by Crippen LogP contribution is 2.44. The summed E-state index contributed by atoms with van der Waals surface area (Å²) in [6.07, 6.45) is 0.328. The van der Waals surface area contributed by atoms with Crippen LogP contribution in [0.2, 0.25) is 0 Å². The first-order valence-corrected chi connectivity index (χ1v) is 11.4. The monoisotopic (exact) mass is 450 g/mol. The molecule has 0 saturated carbocycles. The van der Waals surface area contributed by atoms with Crippen molar-refractivity contribution in [2.24, 2.45) is 5.92 Å². The van der Waals surface area contributed by atoms with Crippen molar-refractivity contribution in [2.75, 3.05) is 13.2 Å². The van der Waals surface area contributed by atoms with E-state index >= 15 is 0 Å². The van der Waals surface area contributed by atoms with E-state index in [1.165, 1.54) is 4.90 Å². The second-order valence-corrected chi connectivity index (χ2v) is 9.36. The van der Waals surface area contributed by atoms with Crippen molar-refractivity contribution < 1.29 is 24.2 Å². The van der Waals surface area contributed by atoms with E-state index < -0.39 is 23.6 Å². The number of ether oxygens (including phenoxy) is 1. The maximum Gasteiger partial charge on any atom is 0.407 e. The summed E-state index contributed by atoms with van der Waals surface area (Å²) in [6.45, 7) is 5.71. The largest absolute Gasteiger partial charge is 0.480 e. The molecule has 33 heavy (non-hydrogen) atoms. The quantitative estimate of drug-likeness (QED) is 0.693. The third kappa shape index (κ3) is 4.08. The number of carbonyl (C=O) groups is 3. The van der Waals surface area contributed by atoms with Gasteiger partial charge in [-0.3, -0.25) is 4.79 Å². The molecule has 174 valence electrons. The van der Waals surface area contributed by atoms with Crippen molar-refractivity contribution in [1.29, 1.82) is 0 Å². The minimum Gasteiger partial charge on any atom is -0.480 e. The molecule has 2 N–H and O–H groups in total. The highest BCUT2D eigenvalue weighted by Gasteiger charge is 2.48. The molecule has 0 spiro atoms. The molecule has 2 amide bonds. The molecule has 1 unspecified atom stereocenters. The van der Waals surface area contributed by atoms with Crippen molar-refractivity contribution >= 4 is 18.0 Å². The number of likely N-dealkylation sites (tertiary alicyclic amines) is 1. The van der Waals surface area contributed by atoms with Crippen LogP contribution in [0.5, 0.6) is 0 Å². The third-order valence-electron chi connectivity index (χ3n) is 6.92. The molecule has 2 aromatic rings. The van der Waals surface area contributed by atoms with Crippen LogP contribution in [0, 0.1) is 5.92 Å². The zero-order valence-electron chi connectivity index (χ0n) is 19.2. The van der Waals surface area contributed by atoms with Crippen LogP contribution in [-0.4, -0.2) is 52.7 Å². The lowest BCUT2D eigenvalue weighted by atomic mass is 9.96. The number of alkyl carbamates (subject to hydrolysis) is 1. The fraction of sp³-hybridized carbons (Fsp3) is 0.423. The lowest BCUT2D eigenvalue weighted by Gasteiger charge is -2.35. The first kappa shape index (κ1) is 22.8. The van der Waals surface area contributed by atoms with E-state index in [4.69, 9.17) is 4.74 Å². The van der Waals surface area contributed by atoms with E-state index in [1.54, 1.807) is 6.92 Å². The van der Waals surface area contributed by atoms with Gasteiger partial charge >= 0.3 is 12.1 Å². The maximum absolute atomic E-state index is 13.2. The molecule has 1 aliphatic heterocycles. The van der Waals surface area contributed by atoms with Gasteiger partial charge in [0.2, 0.25) is 5.91 Å². The van der Waals surface area contributed by atoms with E-state index in [2.05, 4.69) is 17.4 Å². The van der Waals surface area contributed by atoms with Crippen LogP contribution in [0.3, 0.4) is 0 Å². The Morgan fingerprint density at radius 3 is 2.21 bits per heavy atom.